The van der Waals surface area contributed by atoms with E-state index in [-0.39, 0.29) is 5.41 Å². The second-order valence-electron chi connectivity index (χ2n) is 11.3. The maximum Gasteiger partial charge on any atom is 0.0588 e. The lowest BCUT2D eigenvalue weighted by Gasteiger charge is -2.23. The number of thiophene rings is 1. The van der Waals surface area contributed by atoms with Gasteiger partial charge in [-0.05, 0) is 57.3 Å². The first kappa shape index (κ1) is 21.5. The van der Waals surface area contributed by atoms with E-state index in [1.165, 1.54) is 80.7 Å². The standard InChI is InChI=1S/C37H25NS/c1-37(2)30-13-7-5-11-25(30)28-18-19-29-34-24-10-4-3-9-22(24)15-20-31(34)38(36(29)35(28)37)23-16-17-27-26-12-6-8-14-32(26)39-33(27)21-23/h3-21H,1-2H3. The summed E-state index contributed by atoms with van der Waals surface area (Å²) >= 11 is 1.89. The first-order chi connectivity index (χ1) is 19.1. The van der Waals surface area contributed by atoms with Crippen LogP contribution in [0.4, 0.5) is 0 Å². The molecule has 0 saturated heterocycles. The number of hydrogen-bond donors (Lipinski definition) is 0. The molecule has 0 unspecified atom stereocenters. The molecule has 0 bridgehead atoms. The smallest absolute Gasteiger partial charge is 0.0588 e. The quantitative estimate of drug-likeness (QED) is 0.205. The third-order valence-corrected chi connectivity index (χ3v) is 10.1. The molecule has 0 saturated carbocycles. The average molecular weight is 516 g/mol. The molecule has 0 radical (unpaired) electrons. The zero-order chi connectivity index (χ0) is 25.9. The fourth-order valence-corrected chi connectivity index (χ4v) is 8.39. The van der Waals surface area contributed by atoms with Crippen molar-refractivity contribution < 1.29 is 0 Å². The molecule has 39 heavy (non-hydrogen) atoms. The molecule has 6 aromatic carbocycles. The molecule has 8 aromatic rings. The molecule has 0 atom stereocenters. The van der Waals surface area contributed by atoms with Crippen LogP contribution in [-0.2, 0) is 5.41 Å². The normalized spacial score (nSPS) is 14.1. The van der Waals surface area contributed by atoms with Gasteiger partial charge in [-0.15, -0.1) is 11.3 Å². The monoisotopic (exact) mass is 515 g/mol. The fraction of sp³-hybridized carbons (Fsp3) is 0.0811. The van der Waals surface area contributed by atoms with Crippen molar-refractivity contribution in [3.8, 4) is 16.8 Å². The van der Waals surface area contributed by atoms with Crippen LogP contribution in [0.2, 0.25) is 0 Å². The summed E-state index contributed by atoms with van der Waals surface area (Å²) in [5, 5.41) is 7.95. The Balaban J connectivity index is 1.48. The van der Waals surface area contributed by atoms with Crippen LogP contribution in [-0.4, -0.2) is 4.57 Å². The lowest BCUT2D eigenvalue weighted by molar-refractivity contribution is 0.664. The van der Waals surface area contributed by atoms with Crippen molar-refractivity contribution in [3.05, 3.63) is 126 Å². The van der Waals surface area contributed by atoms with Gasteiger partial charge in [-0.3, -0.25) is 0 Å². The summed E-state index contributed by atoms with van der Waals surface area (Å²) in [7, 11) is 0. The number of aromatic nitrogens is 1. The van der Waals surface area contributed by atoms with Gasteiger partial charge in [0.25, 0.3) is 0 Å². The third-order valence-electron chi connectivity index (χ3n) is 8.95. The molecule has 1 nitrogen and oxygen atoms in total. The maximum atomic E-state index is 2.55. The van der Waals surface area contributed by atoms with Crippen molar-refractivity contribution in [1.29, 1.82) is 0 Å². The second kappa shape index (κ2) is 7.37. The van der Waals surface area contributed by atoms with Crippen molar-refractivity contribution in [2.45, 2.75) is 19.3 Å². The second-order valence-corrected chi connectivity index (χ2v) is 12.4. The minimum atomic E-state index is -0.102. The van der Waals surface area contributed by atoms with E-state index >= 15 is 0 Å². The van der Waals surface area contributed by atoms with Crippen molar-refractivity contribution in [2.24, 2.45) is 0 Å². The number of rotatable bonds is 1. The number of nitrogens with zero attached hydrogens (tertiary/aromatic N) is 1. The highest BCUT2D eigenvalue weighted by Crippen LogP contribution is 2.53. The summed E-state index contributed by atoms with van der Waals surface area (Å²) < 4.78 is 5.22. The maximum absolute atomic E-state index is 2.55. The highest BCUT2D eigenvalue weighted by molar-refractivity contribution is 7.25. The van der Waals surface area contributed by atoms with Gasteiger partial charge < -0.3 is 4.57 Å². The van der Waals surface area contributed by atoms with E-state index in [0.717, 1.165) is 0 Å². The third kappa shape index (κ3) is 2.69. The Bertz CT molecular complexity index is 2310. The Morgan fingerprint density at radius 2 is 1.33 bits per heavy atom. The summed E-state index contributed by atoms with van der Waals surface area (Å²) in [4.78, 5) is 0. The predicted octanol–water partition coefficient (Wildman–Crippen LogP) is 10.6. The van der Waals surface area contributed by atoms with Gasteiger partial charge in [0.05, 0.1) is 11.0 Å². The molecule has 1 aliphatic carbocycles. The van der Waals surface area contributed by atoms with Gasteiger partial charge in [0.2, 0.25) is 0 Å². The minimum absolute atomic E-state index is 0.102. The SMILES string of the molecule is CC1(C)c2ccccc2-c2ccc3c4c5ccccc5ccc4n(-c4ccc5c(c4)sc4ccccc45)c3c21. The Hall–Kier alpha value is -4.40. The molecule has 9 rings (SSSR count). The Morgan fingerprint density at radius 3 is 2.26 bits per heavy atom. The molecular weight excluding hydrogens is 490 g/mol. The van der Waals surface area contributed by atoms with Crippen LogP contribution in [0.3, 0.4) is 0 Å². The lowest BCUT2D eigenvalue weighted by atomic mass is 9.81. The highest BCUT2D eigenvalue weighted by atomic mass is 32.1. The molecule has 1 aliphatic rings. The van der Waals surface area contributed by atoms with E-state index in [2.05, 4.69) is 134 Å². The molecule has 0 fully saturated rings. The molecule has 0 amide bonds. The Kier molecular flexibility index (Phi) is 4.07. The summed E-state index contributed by atoms with van der Waals surface area (Å²) in [5.41, 5.74) is 9.29. The number of fused-ring (bicyclic) bond motifs is 12. The molecule has 2 heteroatoms. The van der Waals surface area contributed by atoms with Gasteiger partial charge in [-0.2, -0.15) is 0 Å². The van der Waals surface area contributed by atoms with Crippen molar-refractivity contribution in [2.75, 3.05) is 0 Å². The van der Waals surface area contributed by atoms with Crippen LogP contribution in [0.5, 0.6) is 0 Å². The van der Waals surface area contributed by atoms with E-state index in [0.29, 0.717) is 0 Å². The van der Waals surface area contributed by atoms with Gasteiger partial charge in [0.15, 0.2) is 0 Å². The van der Waals surface area contributed by atoms with Gasteiger partial charge in [-0.1, -0.05) is 105 Å². The summed E-state index contributed by atoms with van der Waals surface area (Å²) in [6, 6.07) is 42.9. The van der Waals surface area contributed by atoms with Gasteiger partial charge in [0, 0.05) is 42.0 Å². The average Bonchev–Trinajstić information content (AvgIpc) is 3.58. The molecule has 0 aliphatic heterocycles. The lowest BCUT2D eigenvalue weighted by Crippen LogP contribution is -2.16. The summed E-state index contributed by atoms with van der Waals surface area (Å²) in [6.07, 6.45) is 0. The van der Waals surface area contributed by atoms with Crippen LogP contribution in [0, 0.1) is 0 Å². The van der Waals surface area contributed by atoms with Gasteiger partial charge >= 0.3 is 0 Å². The van der Waals surface area contributed by atoms with E-state index in [4.69, 9.17) is 0 Å². The number of benzene rings is 6. The van der Waals surface area contributed by atoms with Crippen LogP contribution in [0.1, 0.15) is 25.0 Å². The minimum Gasteiger partial charge on any atom is -0.309 e. The summed E-state index contributed by atoms with van der Waals surface area (Å²) in [5.74, 6) is 0. The zero-order valence-corrected chi connectivity index (χ0v) is 22.6. The summed E-state index contributed by atoms with van der Waals surface area (Å²) in [6.45, 7) is 4.79. The van der Waals surface area contributed by atoms with Gasteiger partial charge in [-0.25, -0.2) is 0 Å². The number of hydrogen-bond acceptors (Lipinski definition) is 1. The first-order valence-electron chi connectivity index (χ1n) is 13.6. The Labute approximate surface area is 230 Å². The first-order valence-corrected chi connectivity index (χ1v) is 14.4. The van der Waals surface area contributed by atoms with E-state index in [1.807, 2.05) is 11.3 Å². The van der Waals surface area contributed by atoms with Crippen LogP contribution in [0.15, 0.2) is 115 Å². The van der Waals surface area contributed by atoms with Crippen molar-refractivity contribution in [3.63, 3.8) is 0 Å². The van der Waals surface area contributed by atoms with Crippen molar-refractivity contribution >= 4 is 64.1 Å². The molecule has 0 N–H and O–H groups in total. The molecule has 2 heterocycles. The van der Waals surface area contributed by atoms with Crippen LogP contribution < -0.4 is 0 Å². The zero-order valence-electron chi connectivity index (χ0n) is 21.8. The largest absolute Gasteiger partial charge is 0.309 e. The van der Waals surface area contributed by atoms with Crippen LogP contribution >= 0.6 is 11.3 Å². The molecule has 0 spiro atoms. The van der Waals surface area contributed by atoms with E-state index in [9.17, 15) is 0 Å². The molecule has 2 aromatic heterocycles. The van der Waals surface area contributed by atoms with E-state index < -0.39 is 0 Å². The predicted molar refractivity (Wildman–Crippen MR) is 169 cm³/mol. The highest BCUT2D eigenvalue weighted by Gasteiger charge is 2.38. The van der Waals surface area contributed by atoms with E-state index in [1.54, 1.807) is 0 Å². The van der Waals surface area contributed by atoms with Gasteiger partial charge in [0.1, 0.15) is 0 Å². The fourth-order valence-electron chi connectivity index (χ4n) is 7.25. The van der Waals surface area contributed by atoms with Crippen molar-refractivity contribution in [1.82, 2.24) is 4.57 Å². The molecule has 184 valence electrons. The topological polar surface area (TPSA) is 4.93 Å². The molecular formula is C37H25NS. The van der Waals surface area contributed by atoms with Crippen LogP contribution in [0.25, 0.3) is 69.6 Å². The Morgan fingerprint density at radius 1 is 0.590 bits per heavy atom.